The molecule has 0 saturated carbocycles. The Bertz CT molecular complexity index is 263. The fourth-order valence-corrected chi connectivity index (χ4v) is 1.41. The predicted molar refractivity (Wildman–Crippen MR) is 66.4 cm³/mol. The number of rotatable bonds is 8. The number of nitrogens with one attached hydrogen (secondary N) is 1. The molecule has 0 heterocycles. The van der Waals surface area contributed by atoms with Gasteiger partial charge in [-0.1, -0.05) is 0 Å². The third-order valence-corrected chi connectivity index (χ3v) is 2.65. The van der Waals surface area contributed by atoms with E-state index in [1.807, 2.05) is 25.8 Å². The Hall–Kier alpha value is -1.12. The smallest absolute Gasteiger partial charge is 0.237 e. The molecular weight excluding hydrogens is 218 g/mol. The molecule has 5 heteroatoms. The van der Waals surface area contributed by atoms with E-state index < -0.39 is 0 Å². The van der Waals surface area contributed by atoms with E-state index in [0.29, 0.717) is 19.7 Å². The molecule has 0 rings (SSSR count). The average molecular weight is 241 g/mol. The molecule has 1 N–H and O–H groups in total. The van der Waals surface area contributed by atoms with E-state index in [2.05, 4.69) is 11.4 Å². The fourth-order valence-electron chi connectivity index (χ4n) is 1.41. The van der Waals surface area contributed by atoms with Crippen molar-refractivity contribution in [1.29, 1.82) is 5.26 Å². The number of likely N-dealkylation sites (N-methyl/N-ethyl adjacent to an activating group) is 1. The second kappa shape index (κ2) is 8.97. The van der Waals surface area contributed by atoms with Gasteiger partial charge < -0.3 is 10.1 Å². The van der Waals surface area contributed by atoms with Crippen LogP contribution in [-0.2, 0) is 9.53 Å². The zero-order valence-corrected chi connectivity index (χ0v) is 11.2. The standard InChI is InChI=1S/C12H23N3O2/c1-10(8-13)9-15(3)11(2)12(16)14-6-5-7-17-4/h10-11H,5-7,9H2,1-4H3,(H,14,16). The van der Waals surface area contributed by atoms with Crippen LogP contribution < -0.4 is 5.32 Å². The lowest BCUT2D eigenvalue weighted by atomic mass is 10.1. The van der Waals surface area contributed by atoms with Gasteiger partial charge in [-0.3, -0.25) is 9.69 Å². The van der Waals surface area contributed by atoms with Crippen molar-refractivity contribution in [3.8, 4) is 6.07 Å². The quantitative estimate of drug-likeness (QED) is 0.633. The van der Waals surface area contributed by atoms with E-state index in [0.717, 1.165) is 6.42 Å². The van der Waals surface area contributed by atoms with Gasteiger partial charge >= 0.3 is 0 Å². The van der Waals surface area contributed by atoms with Gasteiger partial charge in [-0.05, 0) is 27.3 Å². The van der Waals surface area contributed by atoms with Crippen molar-refractivity contribution in [1.82, 2.24) is 10.2 Å². The first-order valence-electron chi connectivity index (χ1n) is 5.89. The Labute approximate surface area is 104 Å². The molecule has 0 aromatic heterocycles. The van der Waals surface area contributed by atoms with Crippen molar-refractivity contribution >= 4 is 5.91 Å². The van der Waals surface area contributed by atoms with Crippen LogP contribution in [0.4, 0.5) is 0 Å². The van der Waals surface area contributed by atoms with Crippen molar-refractivity contribution in [2.75, 3.05) is 33.9 Å². The zero-order valence-electron chi connectivity index (χ0n) is 11.2. The van der Waals surface area contributed by atoms with Crippen LogP contribution in [0.3, 0.4) is 0 Å². The minimum absolute atomic E-state index is 0.00579. The fraction of sp³-hybridized carbons (Fsp3) is 0.833. The van der Waals surface area contributed by atoms with E-state index >= 15 is 0 Å². The summed E-state index contributed by atoms with van der Waals surface area (Å²) in [6.07, 6.45) is 0.813. The van der Waals surface area contributed by atoms with Crippen LogP contribution in [0.1, 0.15) is 20.3 Å². The molecule has 0 aromatic rings. The lowest BCUT2D eigenvalue weighted by Gasteiger charge is -2.24. The van der Waals surface area contributed by atoms with Crippen LogP contribution in [0.25, 0.3) is 0 Å². The number of nitrogens with zero attached hydrogens (tertiary/aromatic N) is 2. The predicted octanol–water partition coefficient (Wildman–Crippen LogP) is 0.619. The monoisotopic (exact) mass is 241 g/mol. The summed E-state index contributed by atoms with van der Waals surface area (Å²) in [6.45, 7) is 5.56. The van der Waals surface area contributed by atoms with Gasteiger partial charge in [-0.2, -0.15) is 5.26 Å². The highest BCUT2D eigenvalue weighted by molar-refractivity contribution is 5.81. The van der Waals surface area contributed by atoms with Crippen molar-refractivity contribution in [2.45, 2.75) is 26.3 Å². The molecule has 2 atom stereocenters. The SMILES string of the molecule is COCCCNC(=O)C(C)N(C)CC(C)C#N. The van der Waals surface area contributed by atoms with Crippen molar-refractivity contribution in [2.24, 2.45) is 5.92 Å². The summed E-state index contributed by atoms with van der Waals surface area (Å²) in [5.74, 6) is -0.0718. The first-order chi connectivity index (χ1) is 8.02. The summed E-state index contributed by atoms with van der Waals surface area (Å²) in [5, 5.41) is 11.6. The third kappa shape index (κ3) is 6.93. The van der Waals surface area contributed by atoms with E-state index in [9.17, 15) is 4.79 Å². The Kier molecular flexibility index (Phi) is 8.38. The molecule has 0 fully saturated rings. The molecule has 0 aliphatic rings. The summed E-state index contributed by atoms with van der Waals surface area (Å²) >= 11 is 0. The van der Waals surface area contributed by atoms with Gasteiger partial charge in [0.25, 0.3) is 0 Å². The highest BCUT2D eigenvalue weighted by atomic mass is 16.5. The van der Waals surface area contributed by atoms with Crippen LogP contribution in [0.5, 0.6) is 0 Å². The Morgan fingerprint density at radius 2 is 2.18 bits per heavy atom. The number of ether oxygens (including phenoxy) is 1. The van der Waals surface area contributed by atoms with Gasteiger partial charge in [0.15, 0.2) is 0 Å². The Morgan fingerprint density at radius 1 is 1.53 bits per heavy atom. The number of nitriles is 1. The summed E-state index contributed by atoms with van der Waals surface area (Å²) < 4.78 is 4.90. The van der Waals surface area contributed by atoms with E-state index in [4.69, 9.17) is 10.00 Å². The van der Waals surface area contributed by atoms with Crippen LogP contribution in [-0.4, -0.2) is 50.7 Å². The summed E-state index contributed by atoms with van der Waals surface area (Å²) in [4.78, 5) is 13.6. The summed E-state index contributed by atoms with van der Waals surface area (Å²) in [7, 11) is 3.49. The number of carbonyl (C=O) groups excluding carboxylic acids is 1. The lowest BCUT2D eigenvalue weighted by Crippen LogP contribution is -2.44. The van der Waals surface area contributed by atoms with Crippen LogP contribution in [0.15, 0.2) is 0 Å². The maximum absolute atomic E-state index is 11.7. The first kappa shape index (κ1) is 15.9. The number of methoxy groups -OCH3 is 1. The molecule has 0 aliphatic carbocycles. The molecule has 0 spiro atoms. The van der Waals surface area contributed by atoms with E-state index in [1.165, 1.54) is 0 Å². The van der Waals surface area contributed by atoms with Gasteiger partial charge in [-0.15, -0.1) is 0 Å². The second-order valence-corrected chi connectivity index (χ2v) is 4.28. The molecule has 0 aliphatic heterocycles. The maximum atomic E-state index is 11.7. The molecule has 2 unspecified atom stereocenters. The van der Waals surface area contributed by atoms with Gasteiger partial charge in [0.1, 0.15) is 0 Å². The first-order valence-corrected chi connectivity index (χ1v) is 5.89. The van der Waals surface area contributed by atoms with Crippen LogP contribution in [0, 0.1) is 17.2 Å². The van der Waals surface area contributed by atoms with Crippen molar-refractivity contribution in [3.63, 3.8) is 0 Å². The van der Waals surface area contributed by atoms with Gasteiger partial charge in [-0.25, -0.2) is 0 Å². The topological polar surface area (TPSA) is 65.4 Å². The number of amides is 1. The van der Waals surface area contributed by atoms with Crippen molar-refractivity contribution in [3.05, 3.63) is 0 Å². The van der Waals surface area contributed by atoms with E-state index in [1.54, 1.807) is 7.11 Å². The molecule has 0 bridgehead atoms. The maximum Gasteiger partial charge on any atom is 0.237 e. The normalized spacial score (nSPS) is 14.1. The number of carbonyl (C=O) groups is 1. The van der Waals surface area contributed by atoms with Crippen LogP contribution >= 0.6 is 0 Å². The summed E-state index contributed by atoms with van der Waals surface area (Å²) in [5.41, 5.74) is 0. The highest BCUT2D eigenvalue weighted by Gasteiger charge is 2.18. The molecule has 0 saturated heterocycles. The highest BCUT2D eigenvalue weighted by Crippen LogP contribution is 2.01. The Balaban J connectivity index is 3.91. The average Bonchev–Trinajstić information content (AvgIpc) is 2.33. The van der Waals surface area contributed by atoms with Gasteiger partial charge in [0, 0.05) is 26.8 Å². The minimum Gasteiger partial charge on any atom is -0.385 e. The minimum atomic E-state index is -0.214. The zero-order chi connectivity index (χ0) is 13.3. The van der Waals surface area contributed by atoms with E-state index in [-0.39, 0.29) is 17.9 Å². The number of hydrogen-bond acceptors (Lipinski definition) is 4. The number of hydrogen-bond donors (Lipinski definition) is 1. The molecule has 0 radical (unpaired) electrons. The lowest BCUT2D eigenvalue weighted by molar-refractivity contribution is -0.125. The van der Waals surface area contributed by atoms with Crippen molar-refractivity contribution < 1.29 is 9.53 Å². The second-order valence-electron chi connectivity index (χ2n) is 4.28. The molecular formula is C12H23N3O2. The molecule has 1 amide bonds. The Morgan fingerprint density at radius 3 is 2.71 bits per heavy atom. The third-order valence-electron chi connectivity index (χ3n) is 2.65. The van der Waals surface area contributed by atoms with Gasteiger partial charge in [0.05, 0.1) is 18.0 Å². The largest absolute Gasteiger partial charge is 0.385 e. The molecule has 5 nitrogen and oxygen atoms in total. The molecule has 0 aromatic carbocycles. The van der Waals surface area contributed by atoms with Gasteiger partial charge in [0.2, 0.25) is 5.91 Å². The van der Waals surface area contributed by atoms with Crippen LogP contribution in [0.2, 0.25) is 0 Å². The summed E-state index contributed by atoms with van der Waals surface area (Å²) in [6, 6.07) is 1.95. The molecule has 17 heavy (non-hydrogen) atoms. The molecule has 98 valence electrons.